The third-order valence-corrected chi connectivity index (χ3v) is 17.7. The van der Waals surface area contributed by atoms with Crippen LogP contribution in [0.3, 0.4) is 0 Å². The summed E-state index contributed by atoms with van der Waals surface area (Å²) in [4.78, 5) is 36.7. The molecule has 456 valence electrons. The summed E-state index contributed by atoms with van der Waals surface area (Å²) in [6, 6.07) is 10.4. The summed E-state index contributed by atoms with van der Waals surface area (Å²) in [5.74, 6) is 4.70. The number of fused-ring (bicyclic) bond motifs is 3. The van der Waals surface area contributed by atoms with Crippen molar-refractivity contribution in [3.8, 4) is 17.2 Å². The molecule has 0 spiro atoms. The van der Waals surface area contributed by atoms with Crippen molar-refractivity contribution in [2.75, 3.05) is 107 Å². The zero-order chi connectivity index (χ0) is 59.9. The number of ether oxygens (including phenoxy) is 3. The van der Waals surface area contributed by atoms with Crippen LogP contribution in [0.25, 0.3) is 16.7 Å². The van der Waals surface area contributed by atoms with Crippen molar-refractivity contribution in [1.29, 1.82) is 0 Å². The Morgan fingerprint density at radius 1 is 0.698 bits per heavy atom. The molecule has 2 aromatic heterocycles. The Morgan fingerprint density at radius 2 is 1.30 bits per heavy atom. The van der Waals surface area contributed by atoms with Crippen LogP contribution in [0, 0.1) is 27.7 Å². The van der Waals surface area contributed by atoms with Gasteiger partial charge in [-0.15, -0.1) is 0 Å². The Morgan fingerprint density at radius 3 is 2.00 bits per heavy atom. The summed E-state index contributed by atoms with van der Waals surface area (Å²) in [5, 5.41) is 54.5. The molecule has 3 aromatic carbocycles. The molecule has 7 aliphatic rings. The molecule has 0 amide bonds. The highest BCUT2D eigenvalue weighted by molar-refractivity contribution is 6.35. The van der Waals surface area contributed by atoms with Crippen molar-refractivity contribution in [2.45, 2.75) is 122 Å². The van der Waals surface area contributed by atoms with E-state index < -0.39 is 12.2 Å². The number of hydrogen-bond acceptors (Lipinski definition) is 21. The number of rotatable bonds is 16. The van der Waals surface area contributed by atoms with E-state index in [1.54, 1.807) is 0 Å². The number of anilines is 7. The van der Waals surface area contributed by atoms with E-state index in [1.165, 1.54) is 5.56 Å². The highest BCUT2D eigenvalue weighted by Gasteiger charge is 2.36. The number of carbonyl (C=O) groups excluding carboxylic acids is 1. The van der Waals surface area contributed by atoms with Crippen molar-refractivity contribution < 1.29 is 29.2 Å². The van der Waals surface area contributed by atoms with E-state index in [9.17, 15) is 15.0 Å². The lowest BCUT2D eigenvalue weighted by Crippen LogP contribution is -2.65. The number of β-amino-alcohol motifs (C(OH)–C–C–N with tert-alkyl or cyclic N) is 2. The lowest BCUT2D eigenvalue weighted by molar-refractivity contribution is -0.117. The van der Waals surface area contributed by atoms with Crippen molar-refractivity contribution in [3.05, 3.63) is 109 Å². The highest BCUT2D eigenvalue weighted by atomic mass is 35.5. The molecular weight excluding hydrogens is 1110 g/mol. The van der Waals surface area contributed by atoms with E-state index in [2.05, 4.69) is 103 Å². The third kappa shape index (κ3) is 13.2. The van der Waals surface area contributed by atoms with Crippen LogP contribution in [-0.4, -0.2) is 169 Å². The molecule has 21 nitrogen and oxygen atoms in total. The van der Waals surface area contributed by atoms with Crippen LogP contribution >= 0.6 is 11.6 Å². The first-order valence-corrected chi connectivity index (χ1v) is 30.7. The van der Waals surface area contributed by atoms with Crippen LogP contribution < -0.4 is 62.1 Å². The predicted octanol–water partition coefficient (Wildman–Crippen LogP) is 6.72. The maximum Gasteiger partial charge on any atom is 0.229 e. The number of Topliss-reactive ketones (excluding diaryl/α,β-unsaturated/α-hetero) is 1. The van der Waals surface area contributed by atoms with Gasteiger partial charge in [0.25, 0.3) is 0 Å². The van der Waals surface area contributed by atoms with E-state index in [0.717, 1.165) is 110 Å². The molecule has 9 heterocycles. The average molecular weight is 1190 g/mol. The number of carbonyl (C=O) groups is 1. The van der Waals surface area contributed by atoms with Gasteiger partial charge in [0.1, 0.15) is 47.4 Å². The molecule has 0 aliphatic carbocycles. The number of aryl methyl sites for hydroxylation is 2. The standard InChI is InChI=1S/C64H82ClN15O6/c1-33-17-52(66-6)76-62(70-33)74-50-26-42-23-47(85-60(42)56(37(50)5)40-11-15-80(8)32-46(83)22-40)29-68-54-19-35(3)72-64(78-54)75-51-27-43-24-48(86-61(43)57(58(51)65)38-9-13-67-28-44(81)20-38)30-69-53-18-34(2)71-63(77-53)73-49-25-41-12-16-84-59(41)55(36(49)4)39-10-14-79(7)31-45(82)21-39/h9-11,17,19,25-27,34,45-48,53,63,67,69,71,73,77,82-83H,12-16,18,20-24,28-32H2,1-8H3,(H2,66,70,74,76)(H2,68,72,75,78)/t34?,45-,46+,47?,48?,53?,63?/m0/s1. The van der Waals surface area contributed by atoms with Crippen LogP contribution in [0.15, 0.2) is 48.6 Å². The minimum atomic E-state index is -0.528. The van der Waals surface area contributed by atoms with Crippen LogP contribution in [0.4, 0.5) is 40.6 Å². The number of allylic oxidation sites excluding steroid dienone is 1. The van der Waals surface area contributed by atoms with Gasteiger partial charge in [-0.05, 0) is 101 Å². The Labute approximate surface area is 508 Å². The van der Waals surface area contributed by atoms with Crippen molar-refractivity contribution >= 4 is 74.7 Å². The number of aliphatic hydroxyl groups is 2. The smallest absolute Gasteiger partial charge is 0.229 e. The van der Waals surface area contributed by atoms with Crippen LogP contribution in [0.5, 0.6) is 17.2 Å². The van der Waals surface area contributed by atoms with Crippen molar-refractivity contribution in [3.63, 3.8) is 0 Å². The first-order chi connectivity index (χ1) is 41.5. The van der Waals surface area contributed by atoms with E-state index >= 15 is 0 Å². The topological polar surface area (TPSA) is 252 Å². The number of aromatic nitrogens is 4. The second kappa shape index (κ2) is 25.4. The number of benzene rings is 3. The van der Waals surface area contributed by atoms with Crippen molar-refractivity contribution in [2.24, 2.45) is 0 Å². The summed E-state index contributed by atoms with van der Waals surface area (Å²) in [7, 11) is 5.90. The van der Waals surface area contributed by atoms with Gasteiger partial charge in [-0.3, -0.25) is 20.7 Å². The fourth-order valence-electron chi connectivity index (χ4n) is 13.2. The number of nitrogens with one attached hydrogen (secondary N) is 9. The molecular formula is C64H82ClN15O6. The maximum absolute atomic E-state index is 13.2. The molecule has 11 N–H and O–H groups in total. The summed E-state index contributed by atoms with van der Waals surface area (Å²) < 4.78 is 20.0. The molecule has 86 heavy (non-hydrogen) atoms. The number of aliphatic hydroxyl groups excluding tert-OH is 2. The first-order valence-electron chi connectivity index (χ1n) is 30.3. The van der Waals surface area contributed by atoms with Gasteiger partial charge in [0.15, 0.2) is 5.78 Å². The zero-order valence-corrected chi connectivity index (χ0v) is 51.3. The average Bonchev–Trinajstić information content (AvgIpc) is 1.87. The highest BCUT2D eigenvalue weighted by Crippen LogP contribution is 2.48. The maximum atomic E-state index is 13.2. The Kier molecular flexibility index (Phi) is 17.6. The fraction of sp³-hybridized carbons (Fsp3) is 0.484. The lowest BCUT2D eigenvalue weighted by Gasteiger charge is -2.38. The van der Waals surface area contributed by atoms with Crippen LogP contribution in [0.2, 0.25) is 5.02 Å². The van der Waals surface area contributed by atoms with Gasteiger partial charge in [0.2, 0.25) is 11.9 Å². The normalized spacial score (nSPS) is 24.1. The molecule has 0 radical (unpaired) electrons. The Bertz CT molecular complexity index is 3520. The predicted molar refractivity (Wildman–Crippen MR) is 340 cm³/mol. The second-order valence-electron chi connectivity index (χ2n) is 24.4. The largest absolute Gasteiger partial charge is 0.492 e. The van der Waals surface area contributed by atoms with E-state index in [1.807, 2.05) is 59.3 Å². The third-order valence-electron chi connectivity index (χ3n) is 17.3. The summed E-state index contributed by atoms with van der Waals surface area (Å²) in [6.45, 7) is 15.4. The number of nitrogens with zero attached hydrogens (tertiary/aromatic N) is 6. The molecule has 7 aliphatic heterocycles. The van der Waals surface area contributed by atoms with Gasteiger partial charge in [0.05, 0.1) is 48.8 Å². The molecule has 12 rings (SSSR count). The molecule has 0 saturated carbocycles. The number of halogens is 1. The quantitative estimate of drug-likeness (QED) is 0.0490. The van der Waals surface area contributed by atoms with Gasteiger partial charge in [-0.1, -0.05) is 29.8 Å². The van der Waals surface area contributed by atoms with E-state index in [-0.39, 0.29) is 49.5 Å². The molecule has 1 saturated heterocycles. The van der Waals surface area contributed by atoms with E-state index in [4.69, 9.17) is 45.7 Å². The Hall–Kier alpha value is -6.92. The monoisotopic (exact) mass is 1190 g/mol. The number of hydrogen-bond donors (Lipinski definition) is 11. The molecule has 5 aromatic rings. The Balaban J connectivity index is 0.745. The minimum absolute atomic E-state index is 0.0420. The minimum Gasteiger partial charge on any atom is -0.492 e. The number of ketones is 1. The summed E-state index contributed by atoms with van der Waals surface area (Å²) >= 11 is 7.49. The summed E-state index contributed by atoms with van der Waals surface area (Å²) in [6.07, 6.45) is 8.97. The fourth-order valence-corrected chi connectivity index (χ4v) is 13.5. The van der Waals surface area contributed by atoms with Crippen LogP contribution in [0.1, 0.15) is 88.5 Å². The molecule has 0 bridgehead atoms. The molecule has 5 unspecified atom stereocenters. The second-order valence-corrected chi connectivity index (χ2v) is 24.8. The van der Waals surface area contributed by atoms with Gasteiger partial charge in [-0.2, -0.15) is 9.97 Å². The van der Waals surface area contributed by atoms with Gasteiger partial charge < -0.3 is 66.1 Å². The van der Waals surface area contributed by atoms with Gasteiger partial charge in [0, 0.05) is 159 Å². The van der Waals surface area contributed by atoms with Gasteiger partial charge >= 0.3 is 0 Å². The molecule has 22 heteroatoms. The van der Waals surface area contributed by atoms with Gasteiger partial charge in [-0.25, -0.2) is 9.97 Å². The molecule has 1 fully saturated rings. The number of likely N-dealkylation sites (N-methyl/N-ethyl adjacent to an activating group) is 2. The van der Waals surface area contributed by atoms with E-state index in [0.29, 0.717) is 111 Å². The SMILES string of the molecule is CNc1cc(C)nc(Nc2cc3c(c(C4=CCN(C)C[C@H](O)C4)c2C)OC(CNc2cc(C)nc(Nc4cc5c(c(C6=CCNCC(=O)C6)c4Cl)OC(CNC4CC(C)NC(Nc6cc7c(c(C8=CCN(C)C[C@@H](O)C8)c6C)OCC7)N4)C5)n2)C3)n1. The first kappa shape index (κ1) is 59.4. The zero-order valence-electron chi connectivity index (χ0n) is 50.6. The lowest BCUT2D eigenvalue weighted by atomic mass is 9.91. The molecule has 7 atom stereocenters. The summed E-state index contributed by atoms with van der Waals surface area (Å²) in [5.41, 5.74) is 15.1. The van der Waals surface area contributed by atoms with Crippen molar-refractivity contribution in [1.82, 2.24) is 51.0 Å². The van der Waals surface area contributed by atoms with Crippen LogP contribution in [-0.2, 0) is 24.1 Å².